The van der Waals surface area contributed by atoms with Crippen LogP contribution in [0.15, 0.2) is 29.8 Å². The first kappa shape index (κ1) is 14.5. The van der Waals surface area contributed by atoms with Crippen molar-refractivity contribution in [3.05, 3.63) is 41.0 Å². The summed E-state index contributed by atoms with van der Waals surface area (Å²) in [5, 5.41) is 2.83. The number of benzene rings is 1. The van der Waals surface area contributed by atoms with E-state index in [0.717, 1.165) is 24.0 Å². The first-order valence-corrected chi connectivity index (χ1v) is 7.21. The summed E-state index contributed by atoms with van der Waals surface area (Å²) < 4.78 is 0. The number of Topliss-reactive ketones (excluding diaryl/α,β-unsaturated/α-hetero) is 1. The second-order valence-electron chi connectivity index (χ2n) is 5.58. The van der Waals surface area contributed by atoms with E-state index in [2.05, 4.69) is 19.2 Å². The quantitative estimate of drug-likeness (QED) is 0.836. The maximum atomic E-state index is 12.5. The topological polar surface area (TPSA) is 46.2 Å². The molecule has 0 aliphatic heterocycles. The van der Waals surface area contributed by atoms with Crippen molar-refractivity contribution in [3.63, 3.8) is 0 Å². The van der Waals surface area contributed by atoms with Crippen molar-refractivity contribution in [1.29, 1.82) is 0 Å². The number of allylic oxidation sites excluding steroid dienone is 1. The minimum atomic E-state index is -0.233. The number of nitrogens with one attached hydrogen (secondary N) is 1. The lowest BCUT2D eigenvalue weighted by atomic mass is 9.96. The van der Waals surface area contributed by atoms with Crippen molar-refractivity contribution in [2.24, 2.45) is 5.92 Å². The van der Waals surface area contributed by atoms with Gasteiger partial charge in [-0.2, -0.15) is 0 Å². The molecule has 1 aromatic rings. The Morgan fingerprint density at radius 2 is 1.85 bits per heavy atom. The molecule has 0 fully saturated rings. The van der Waals surface area contributed by atoms with E-state index < -0.39 is 0 Å². The van der Waals surface area contributed by atoms with Gasteiger partial charge in [-0.15, -0.1) is 0 Å². The van der Waals surface area contributed by atoms with E-state index in [1.165, 1.54) is 0 Å². The average Bonchev–Trinajstić information content (AvgIpc) is 2.69. The minimum Gasteiger partial charge on any atom is -0.352 e. The molecule has 1 aliphatic carbocycles. The fraction of sp³-hybridized carbons (Fsp3) is 0.412. The van der Waals surface area contributed by atoms with Crippen molar-refractivity contribution >= 4 is 17.3 Å². The third-order valence-electron chi connectivity index (χ3n) is 3.40. The third-order valence-corrected chi connectivity index (χ3v) is 3.40. The van der Waals surface area contributed by atoms with Crippen molar-refractivity contribution in [2.75, 3.05) is 6.54 Å². The van der Waals surface area contributed by atoms with Crippen LogP contribution in [0.2, 0.25) is 0 Å². The molecule has 3 heteroatoms. The van der Waals surface area contributed by atoms with Crippen molar-refractivity contribution in [1.82, 2.24) is 5.32 Å². The molecule has 0 saturated heterocycles. The lowest BCUT2D eigenvalue weighted by molar-refractivity contribution is -0.117. The summed E-state index contributed by atoms with van der Waals surface area (Å²) in [6, 6.07) is 7.50. The summed E-state index contributed by atoms with van der Waals surface area (Å²) in [6.45, 7) is 6.79. The van der Waals surface area contributed by atoms with Crippen molar-refractivity contribution in [3.8, 4) is 0 Å². The number of rotatable bonds is 5. The molecular weight excluding hydrogens is 250 g/mol. The fourth-order valence-electron chi connectivity index (χ4n) is 2.54. The predicted octanol–water partition coefficient (Wildman–Crippen LogP) is 3.21. The molecular formula is C17H21NO2. The Hall–Kier alpha value is -1.90. The van der Waals surface area contributed by atoms with Crippen LogP contribution >= 0.6 is 0 Å². The Kier molecular flexibility index (Phi) is 4.38. The molecule has 1 N–H and O–H groups in total. The number of ketones is 1. The number of hydrogen-bond donors (Lipinski definition) is 1. The van der Waals surface area contributed by atoms with Crippen LogP contribution in [-0.4, -0.2) is 18.2 Å². The summed E-state index contributed by atoms with van der Waals surface area (Å²) in [5.74, 6) is 0.0338. The zero-order valence-electron chi connectivity index (χ0n) is 12.3. The van der Waals surface area contributed by atoms with Crippen LogP contribution in [0.1, 0.15) is 49.5 Å². The summed E-state index contributed by atoms with van der Waals surface area (Å²) in [6.07, 6.45) is 1.61. The second-order valence-corrected chi connectivity index (χ2v) is 5.58. The SMILES string of the molecule is CCCNC(=O)C1=C(CC(C)C)c2ccccc2C1=O. The van der Waals surface area contributed by atoms with E-state index >= 15 is 0 Å². The largest absolute Gasteiger partial charge is 0.352 e. The Balaban J connectivity index is 2.44. The number of hydrogen-bond acceptors (Lipinski definition) is 2. The highest BCUT2D eigenvalue weighted by molar-refractivity contribution is 6.34. The molecule has 20 heavy (non-hydrogen) atoms. The molecule has 1 aliphatic rings. The zero-order valence-corrected chi connectivity index (χ0v) is 12.3. The van der Waals surface area contributed by atoms with E-state index in [4.69, 9.17) is 0 Å². The van der Waals surface area contributed by atoms with E-state index in [0.29, 0.717) is 23.6 Å². The summed E-state index contributed by atoms with van der Waals surface area (Å²) in [7, 11) is 0. The summed E-state index contributed by atoms with van der Waals surface area (Å²) in [5.41, 5.74) is 2.82. The smallest absolute Gasteiger partial charge is 0.255 e. The maximum absolute atomic E-state index is 12.5. The van der Waals surface area contributed by atoms with Gasteiger partial charge in [-0.1, -0.05) is 45.0 Å². The number of carbonyl (C=O) groups excluding carboxylic acids is 2. The number of amides is 1. The van der Waals surface area contributed by atoms with E-state index in [-0.39, 0.29) is 11.7 Å². The predicted molar refractivity (Wildman–Crippen MR) is 80.4 cm³/mol. The first-order valence-electron chi connectivity index (χ1n) is 7.21. The van der Waals surface area contributed by atoms with Crippen LogP contribution < -0.4 is 5.32 Å². The van der Waals surface area contributed by atoms with Gasteiger partial charge in [0.25, 0.3) is 5.91 Å². The van der Waals surface area contributed by atoms with Crippen LogP contribution in [0.3, 0.4) is 0 Å². The molecule has 0 unspecified atom stereocenters. The van der Waals surface area contributed by atoms with Gasteiger partial charge < -0.3 is 5.32 Å². The molecule has 0 radical (unpaired) electrons. The first-order chi connectivity index (χ1) is 9.56. The van der Waals surface area contributed by atoms with Gasteiger partial charge in [0.05, 0.1) is 5.57 Å². The van der Waals surface area contributed by atoms with Crippen molar-refractivity contribution in [2.45, 2.75) is 33.6 Å². The molecule has 0 bridgehead atoms. The molecule has 0 atom stereocenters. The van der Waals surface area contributed by atoms with E-state index in [1.54, 1.807) is 6.07 Å². The van der Waals surface area contributed by atoms with Crippen molar-refractivity contribution < 1.29 is 9.59 Å². The third kappa shape index (κ3) is 2.67. The molecule has 106 valence electrons. The van der Waals surface area contributed by atoms with E-state index in [9.17, 15) is 9.59 Å². The lowest BCUT2D eigenvalue weighted by Gasteiger charge is -2.10. The van der Waals surface area contributed by atoms with Gasteiger partial charge >= 0.3 is 0 Å². The number of fused-ring (bicyclic) bond motifs is 1. The van der Waals surface area contributed by atoms with Crippen LogP contribution in [0.5, 0.6) is 0 Å². The molecule has 2 rings (SSSR count). The van der Waals surface area contributed by atoms with Crippen LogP contribution in [-0.2, 0) is 4.79 Å². The molecule has 0 aromatic heterocycles. The summed E-state index contributed by atoms with van der Waals surface area (Å²) >= 11 is 0. The highest BCUT2D eigenvalue weighted by Crippen LogP contribution is 2.36. The molecule has 0 saturated carbocycles. The molecule has 1 amide bonds. The van der Waals surface area contributed by atoms with Gasteiger partial charge in [-0.3, -0.25) is 9.59 Å². The fourth-order valence-corrected chi connectivity index (χ4v) is 2.54. The Bertz CT molecular complexity index is 570. The number of carbonyl (C=O) groups is 2. The molecule has 1 aromatic carbocycles. The lowest BCUT2D eigenvalue weighted by Crippen LogP contribution is -2.28. The monoisotopic (exact) mass is 271 g/mol. The van der Waals surface area contributed by atoms with Gasteiger partial charge in [0.15, 0.2) is 5.78 Å². The Morgan fingerprint density at radius 1 is 1.20 bits per heavy atom. The zero-order chi connectivity index (χ0) is 14.7. The highest BCUT2D eigenvalue weighted by atomic mass is 16.2. The van der Waals surface area contributed by atoms with Crippen LogP contribution in [0, 0.1) is 5.92 Å². The Morgan fingerprint density at radius 3 is 2.45 bits per heavy atom. The average molecular weight is 271 g/mol. The second kappa shape index (κ2) is 6.04. The molecule has 0 spiro atoms. The van der Waals surface area contributed by atoms with Gasteiger partial charge in [-0.05, 0) is 29.9 Å². The summed E-state index contributed by atoms with van der Waals surface area (Å²) in [4.78, 5) is 24.8. The van der Waals surface area contributed by atoms with Gasteiger partial charge in [0.2, 0.25) is 0 Å². The van der Waals surface area contributed by atoms with Gasteiger partial charge in [0.1, 0.15) is 0 Å². The maximum Gasteiger partial charge on any atom is 0.255 e. The molecule has 0 heterocycles. The van der Waals surface area contributed by atoms with E-state index in [1.807, 2.05) is 25.1 Å². The van der Waals surface area contributed by atoms with Gasteiger partial charge in [-0.25, -0.2) is 0 Å². The standard InChI is InChI=1S/C17H21NO2/c1-4-9-18-17(20)15-14(10-11(2)3)12-7-5-6-8-13(12)16(15)19/h5-8,11H,4,9-10H2,1-3H3,(H,18,20). The van der Waals surface area contributed by atoms with Crippen LogP contribution in [0.4, 0.5) is 0 Å². The Labute approximate surface area is 120 Å². The highest BCUT2D eigenvalue weighted by Gasteiger charge is 2.33. The molecule has 3 nitrogen and oxygen atoms in total. The van der Waals surface area contributed by atoms with Crippen LogP contribution in [0.25, 0.3) is 5.57 Å². The van der Waals surface area contributed by atoms with Gasteiger partial charge in [0, 0.05) is 12.1 Å². The normalized spacial score (nSPS) is 13.9. The minimum absolute atomic E-state index is 0.134.